The minimum absolute atomic E-state index is 0.193. The van der Waals surface area contributed by atoms with Crippen LogP contribution in [-0.2, 0) is 17.6 Å². The summed E-state index contributed by atoms with van der Waals surface area (Å²) in [6.07, 6.45) is 2.94. The third-order valence-corrected chi connectivity index (χ3v) is 7.34. The molecule has 1 aliphatic carbocycles. The van der Waals surface area contributed by atoms with Crippen LogP contribution in [0.25, 0.3) is 11.3 Å². The molecule has 0 spiro atoms. The lowest BCUT2D eigenvalue weighted by Crippen LogP contribution is -2.22. The molecular formula is C21H16Cl2N4OS2. The quantitative estimate of drug-likeness (QED) is 0.459. The molecule has 0 radical (unpaired) electrons. The van der Waals surface area contributed by atoms with Gasteiger partial charge in [-0.05, 0) is 49.9 Å². The van der Waals surface area contributed by atoms with Gasteiger partial charge in [-0.15, -0.1) is 11.3 Å². The van der Waals surface area contributed by atoms with Crippen LogP contribution in [0.4, 0.5) is 5.13 Å². The number of thiazole rings is 1. The second-order valence-electron chi connectivity index (χ2n) is 6.83. The standard InChI is InChI=1S/C21H16Cl2N4OS2/c1-11(30-20-14(9-24)7-12-3-2-4-17(12)25-20)19(28)27-21-26-18(10-29-21)13-5-6-15(22)16(23)8-13/h5-8,10-11H,2-4H2,1H3,(H,26,27,28). The predicted octanol–water partition coefficient (Wildman–Crippen LogP) is 5.99. The fourth-order valence-electron chi connectivity index (χ4n) is 3.17. The molecule has 2 aromatic heterocycles. The van der Waals surface area contributed by atoms with Crippen LogP contribution in [0, 0.1) is 11.3 Å². The number of benzene rings is 1. The van der Waals surface area contributed by atoms with E-state index < -0.39 is 5.25 Å². The minimum Gasteiger partial charge on any atom is -0.301 e. The summed E-state index contributed by atoms with van der Waals surface area (Å²) in [5.74, 6) is -0.193. The average molecular weight is 475 g/mol. The number of amides is 1. The van der Waals surface area contributed by atoms with Crippen LogP contribution in [0.2, 0.25) is 10.0 Å². The van der Waals surface area contributed by atoms with Crippen molar-refractivity contribution in [2.75, 3.05) is 5.32 Å². The van der Waals surface area contributed by atoms with Crippen molar-refractivity contribution in [3.8, 4) is 17.3 Å². The molecule has 2 heterocycles. The highest BCUT2D eigenvalue weighted by Gasteiger charge is 2.22. The van der Waals surface area contributed by atoms with E-state index in [1.807, 2.05) is 17.5 Å². The molecule has 5 nitrogen and oxygen atoms in total. The van der Waals surface area contributed by atoms with Crippen LogP contribution < -0.4 is 5.32 Å². The summed E-state index contributed by atoms with van der Waals surface area (Å²) in [5.41, 5.74) is 4.24. The predicted molar refractivity (Wildman–Crippen MR) is 122 cm³/mol. The zero-order chi connectivity index (χ0) is 21.3. The van der Waals surface area contributed by atoms with Gasteiger partial charge in [-0.1, -0.05) is 41.0 Å². The molecule has 1 amide bonds. The van der Waals surface area contributed by atoms with Crippen LogP contribution in [0.5, 0.6) is 0 Å². The Morgan fingerprint density at radius 1 is 1.27 bits per heavy atom. The third-order valence-electron chi connectivity index (χ3n) is 4.74. The Hall–Kier alpha value is -2.11. The molecule has 9 heteroatoms. The maximum atomic E-state index is 12.7. The molecule has 3 aromatic rings. The largest absolute Gasteiger partial charge is 0.301 e. The maximum Gasteiger partial charge on any atom is 0.239 e. The second-order valence-corrected chi connectivity index (χ2v) is 9.83. The Bertz CT molecular complexity index is 1170. The van der Waals surface area contributed by atoms with E-state index in [9.17, 15) is 10.1 Å². The fraction of sp³-hybridized carbons (Fsp3) is 0.238. The first-order valence-electron chi connectivity index (χ1n) is 9.26. The van der Waals surface area contributed by atoms with Crippen LogP contribution in [0.15, 0.2) is 34.7 Å². The van der Waals surface area contributed by atoms with Gasteiger partial charge in [-0.25, -0.2) is 9.97 Å². The summed E-state index contributed by atoms with van der Waals surface area (Å²) in [5, 5.41) is 15.8. The average Bonchev–Trinajstić information content (AvgIpc) is 3.38. The Morgan fingerprint density at radius 2 is 2.10 bits per heavy atom. The number of rotatable bonds is 5. The van der Waals surface area contributed by atoms with Crippen molar-refractivity contribution in [2.24, 2.45) is 0 Å². The number of carbonyl (C=O) groups excluding carboxylic acids is 1. The SMILES string of the molecule is CC(Sc1nc2c(cc1C#N)CCC2)C(=O)Nc1nc(-c2ccc(Cl)c(Cl)c2)cs1. The van der Waals surface area contributed by atoms with Gasteiger partial charge in [-0.3, -0.25) is 4.79 Å². The molecule has 1 aromatic carbocycles. The number of nitrogens with zero attached hydrogens (tertiary/aromatic N) is 3. The van der Waals surface area contributed by atoms with Crippen molar-refractivity contribution in [2.45, 2.75) is 36.5 Å². The number of nitrogens with one attached hydrogen (secondary N) is 1. The summed E-state index contributed by atoms with van der Waals surface area (Å²) in [4.78, 5) is 21.8. The van der Waals surface area contributed by atoms with Crippen LogP contribution in [0.1, 0.15) is 30.2 Å². The van der Waals surface area contributed by atoms with E-state index in [4.69, 9.17) is 23.2 Å². The number of hydrogen-bond acceptors (Lipinski definition) is 6. The van der Waals surface area contributed by atoms with E-state index in [1.165, 1.54) is 23.1 Å². The second kappa shape index (κ2) is 8.94. The molecule has 0 fully saturated rings. The molecule has 0 aliphatic heterocycles. The van der Waals surface area contributed by atoms with E-state index in [-0.39, 0.29) is 5.91 Å². The lowest BCUT2D eigenvalue weighted by atomic mass is 10.2. The lowest BCUT2D eigenvalue weighted by Gasteiger charge is -2.12. The van der Waals surface area contributed by atoms with E-state index in [1.54, 1.807) is 19.1 Å². The number of halogens is 2. The van der Waals surface area contributed by atoms with Gasteiger partial charge in [0.05, 0.1) is 26.6 Å². The first kappa shape index (κ1) is 21.1. The molecule has 1 unspecified atom stereocenters. The molecular weight excluding hydrogens is 459 g/mol. The van der Waals surface area contributed by atoms with Gasteiger partial charge in [0.25, 0.3) is 0 Å². The van der Waals surface area contributed by atoms with Crippen molar-refractivity contribution in [3.05, 3.63) is 56.5 Å². The molecule has 0 saturated carbocycles. The highest BCUT2D eigenvalue weighted by molar-refractivity contribution is 8.00. The van der Waals surface area contributed by atoms with Gasteiger partial charge in [0.2, 0.25) is 5.91 Å². The van der Waals surface area contributed by atoms with Gasteiger partial charge in [0.1, 0.15) is 11.1 Å². The Morgan fingerprint density at radius 3 is 2.87 bits per heavy atom. The van der Waals surface area contributed by atoms with Crippen molar-refractivity contribution in [1.29, 1.82) is 5.26 Å². The third kappa shape index (κ3) is 4.47. The highest BCUT2D eigenvalue weighted by Crippen LogP contribution is 2.32. The minimum atomic E-state index is -0.429. The Labute approximate surface area is 192 Å². The Balaban J connectivity index is 1.45. The van der Waals surface area contributed by atoms with Gasteiger partial charge in [0, 0.05) is 16.6 Å². The van der Waals surface area contributed by atoms with E-state index in [0.717, 1.165) is 36.1 Å². The number of carbonyl (C=O) groups is 1. The molecule has 1 aliphatic rings. The first-order valence-corrected chi connectivity index (χ1v) is 11.8. The van der Waals surface area contributed by atoms with Crippen LogP contribution in [-0.4, -0.2) is 21.1 Å². The highest BCUT2D eigenvalue weighted by atomic mass is 35.5. The lowest BCUT2D eigenvalue weighted by molar-refractivity contribution is -0.115. The van der Waals surface area contributed by atoms with Gasteiger partial charge < -0.3 is 5.32 Å². The smallest absolute Gasteiger partial charge is 0.239 e. The van der Waals surface area contributed by atoms with E-state index in [0.29, 0.717) is 31.5 Å². The number of aryl methyl sites for hydroxylation is 2. The number of fused-ring (bicyclic) bond motifs is 1. The topological polar surface area (TPSA) is 78.7 Å². The van der Waals surface area contributed by atoms with Crippen molar-refractivity contribution >= 4 is 57.3 Å². The van der Waals surface area contributed by atoms with Gasteiger partial charge >= 0.3 is 0 Å². The van der Waals surface area contributed by atoms with Crippen molar-refractivity contribution < 1.29 is 4.79 Å². The fourth-order valence-corrected chi connectivity index (χ4v) is 5.09. The number of nitriles is 1. The summed E-state index contributed by atoms with van der Waals surface area (Å²) < 4.78 is 0. The zero-order valence-corrected chi connectivity index (χ0v) is 19.1. The molecule has 152 valence electrons. The number of pyridine rings is 1. The normalized spacial score (nSPS) is 13.5. The molecule has 30 heavy (non-hydrogen) atoms. The summed E-state index contributed by atoms with van der Waals surface area (Å²) in [6, 6.07) is 9.40. The van der Waals surface area contributed by atoms with Gasteiger partial charge in [-0.2, -0.15) is 5.26 Å². The monoisotopic (exact) mass is 474 g/mol. The number of hydrogen-bond donors (Lipinski definition) is 1. The summed E-state index contributed by atoms with van der Waals surface area (Å²) in [6.45, 7) is 1.80. The molecule has 0 saturated heterocycles. The van der Waals surface area contributed by atoms with Crippen LogP contribution >= 0.6 is 46.3 Å². The van der Waals surface area contributed by atoms with E-state index in [2.05, 4.69) is 21.4 Å². The maximum absolute atomic E-state index is 12.7. The summed E-state index contributed by atoms with van der Waals surface area (Å²) in [7, 11) is 0. The number of thioether (sulfide) groups is 1. The number of aromatic nitrogens is 2. The van der Waals surface area contributed by atoms with E-state index >= 15 is 0 Å². The van der Waals surface area contributed by atoms with Gasteiger partial charge in [0.15, 0.2) is 5.13 Å². The Kier molecular flexibility index (Phi) is 6.30. The zero-order valence-electron chi connectivity index (χ0n) is 15.9. The molecule has 4 rings (SSSR count). The first-order chi connectivity index (χ1) is 14.4. The van der Waals surface area contributed by atoms with Crippen molar-refractivity contribution in [1.82, 2.24) is 9.97 Å². The molecule has 1 atom stereocenters. The van der Waals surface area contributed by atoms with Crippen LogP contribution in [0.3, 0.4) is 0 Å². The van der Waals surface area contributed by atoms with Crippen molar-refractivity contribution in [3.63, 3.8) is 0 Å². The number of anilines is 1. The molecule has 0 bridgehead atoms. The molecule has 1 N–H and O–H groups in total. The summed E-state index contributed by atoms with van der Waals surface area (Å²) >= 11 is 14.7.